The quantitative estimate of drug-likeness (QED) is 0.853. The average Bonchev–Trinajstić information content (AvgIpc) is 2.69. The van der Waals surface area contributed by atoms with Crippen LogP contribution in [0.2, 0.25) is 0 Å². The summed E-state index contributed by atoms with van der Waals surface area (Å²) in [7, 11) is 1.95. The number of nitrogens with zero attached hydrogens (tertiary/aromatic N) is 1. The number of likely N-dealkylation sites (N-methyl/N-ethyl adjacent to an activating group) is 1. The molecule has 1 N–H and O–H groups in total. The highest BCUT2D eigenvalue weighted by Gasteiger charge is 2.13. The standard InChI is InChI=1S/C13H16N2O/c1-10-12(8-9-14-2)13(16-15-10)11-6-4-3-5-7-11/h3-7,14H,8-9H2,1-2H3. The predicted octanol–water partition coefficient (Wildman–Crippen LogP) is 2.41. The lowest BCUT2D eigenvalue weighted by atomic mass is 10.0. The van der Waals surface area contributed by atoms with Crippen molar-refractivity contribution in [3.8, 4) is 11.3 Å². The third-order valence-corrected chi connectivity index (χ3v) is 2.65. The van der Waals surface area contributed by atoms with Gasteiger partial charge in [-0.3, -0.25) is 0 Å². The lowest BCUT2D eigenvalue weighted by Gasteiger charge is -2.01. The molecule has 3 nitrogen and oxygen atoms in total. The van der Waals surface area contributed by atoms with Crippen LogP contribution in [0.3, 0.4) is 0 Å². The molecule has 84 valence electrons. The van der Waals surface area contributed by atoms with E-state index in [2.05, 4.69) is 10.5 Å². The second kappa shape index (κ2) is 4.94. The summed E-state index contributed by atoms with van der Waals surface area (Å²) in [6, 6.07) is 10.1. The summed E-state index contributed by atoms with van der Waals surface area (Å²) < 4.78 is 5.40. The van der Waals surface area contributed by atoms with E-state index in [9.17, 15) is 0 Å². The van der Waals surface area contributed by atoms with Gasteiger partial charge >= 0.3 is 0 Å². The van der Waals surface area contributed by atoms with Crippen molar-refractivity contribution in [2.24, 2.45) is 0 Å². The van der Waals surface area contributed by atoms with Crippen molar-refractivity contribution in [1.29, 1.82) is 0 Å². The predicted molar refractivity (Wildman–Crippen MR) is 64.3 cm³/mol. The van der Waals surface area contributed by atoms with E-state index in [1.165, 1.54) is 5.56 Å². The first-order valence-corrected chi connectivity index (χ1v) is 5.48. The Morgan fingerprint density at radius 3 is 2.69 bits per heavy atom. The fraction of sp³-hybridized carbons (Fsp3) is 0.308. The first kappa shape index (κ1) is 10.9. The van der Waals surface area contributed by atoms with Crippen LogP contribution in [0.15, 0.2) is 34.9 Å². The zero-order chi connectivity index (χ0) is 11.4. The lowest BCUT2D eigenvalue weighted by molar-refractivity contribution is 0.426. The van der Waals surface area contributed by atoms with E-state index in [0.717, 1.165) is 30.0 Å². The van der Waals surface area contributed by atoms with Gasteiger partial charge in [0.1, 0.15) is 0 Å². The Hall–Kier alpha value is -1.61. The second-order valence-corrected chi connectivity index (χ2v) is 3.80. The Morgan fingerprint density at radius 1 is 1.25 bits per heavy atom. The molecule has 1 heterocycles. The van der Waals surface area contributed by atoms with Gasteiger partial charge < -0.3 is 9.84 Å². The van der Waals surface area contributed by atoms with Crippen LogP contribution in [0.25, 0.3) is 11.3 Å². The van der Waals surface area contributed by atoms with Crippen LogP contribution >= 0.6 is 0 Å². The third kappa shape index (κ3) is 2.14. The maximum Gasteiger partial charge on any atom is 0.170 e. The van der Waals surface area contributed by atoms with Gasteiger partial charge in [0, 0.05) is 11.1 Å². The van der Waals surface area contributed by atoms with Gasteiger partial charge in [-0.1, -0.05) is 35.5 Å². The molecule has 0 unspecified atom stereocenters. The summed E-state index contributed by atoms with van der Waals surface area (Å²) in [5.41, 5.74) is 3.27. The Balaban J connectivity index is 2.34. The molecule has 2 rings (SSSR count). The van der Waals surface area contributed by atoms with Crippen LogP contribution in [0.5, 0.6) is 0 Å². The Morgan fingerprint density at radius 2 is 2.00 bits per heavy atom. The van der Waals surface area contributed by atoms with Crippen molar-refractivity contribution >= 4 is 0 Å². The van der Waals surface area contributed by atoms with Crippen molar-refractivity contribution in [3.05, 3.63) is 41.6 Å². The molecule has 2 aromatic rings. The highest BCUT2D eigenvalue weighted by molar-refractivity contribution is 5.61. The summed E-state index contributed by atoms with van der Waals surface area (Å²) >= 11 is 0. The van der Waals surface area contributed by atoms with Gasteiger partial charge in [0.25, 0.3) is 0 Å². The number of nitrogens with one attached hydrogen (secondary N) is 1. The normalized spacial score (nSPS) is 10.6. The zero-order valence-electron chi connectivity index (χ0n) is 9.66. The van der Waals surface area contributed by atoms with E-state index in [0.29, 0.717) is 0 Å². The molecule has 0 spiro atoms. The summed E-state index contributed by atoms with van der Waals surface area (Å²) in [5.74, 6) is 0.897. The van der Waals surface area contributed by atoms with Crippen molar-refractivity contribution in [2.75, 3.05) is 13.6 Å². The molecule has 0 aliphatic rings. The van der Waals surface area contributed by atoms with Gasteiger partial charge in [0.15, 0.2) is 5.76 Å². The first-order valence-electron chi connectivity index (χ1n) is 5.48. The SMILES string of the molecule is CNCCc1c(C)noc1-c1ccccc1. The van der Waals surface area contributed by atoms with E-state index in [1.54, 1.807) is 0 Å². The van der Waals surface area contributed by atoms with Crippen molar-refractivity contribution < 1.29 is 4.52 Å². The third-order valence-electron chi connectivity index (χ3n) is 2.65. The molecule has 0 saturated heterocycles. The molecule has 0 saturated carbocycles. The molecule has 0 amide bonds. The minimum Gasteiger partial charge on any atom is -0.356 e. The summed E-state index contributed by atoms with van der Waals surface area (Å²) in [6.45, 7) is 2.92. The zero-order valence-corrected chi connectivity index (χ0v) is 9.66. The van der Waals surface area contributed by atoms with Gasteiger partial charge in [-0.25, -0.2) is 0 Å². The van der Waals surface area contributed by atoms with Crippen LogP contribution in [0.1, 0.15) is 11.3 Å². The number of aromatic nitrogens is 1. The van der Waals surface area contributed by atoms with E-state index >= 15 is 0 Å². The largest absolute Gasteiger partial charge is 0.356 e. The molecule has 3 heteroatoms. The summed E-state index contributed by atoms with van der Waals surface area (Å²) in [6.07, 6.45) is 0.941. The van der Waals surface area contributed by atoms with Crippen LogP contribution in [0, 0.1) is 6.92 Å². The fourth-order valence-corrected chi connectivity index (χ4v) is 1.75. The van der Waals surface area contributed by atoms with E-state index in [1.807, 2.05) is 44.3 Å². The van der Waals surface area contributed by atoms with Crippen LogP contribution < -0.4 is 5.32 Å². The number of aryl methyl sites for hydroxylation is 1. The van der Waals surface area contributed by atoms with Gasteiger partial charge in [-0.15, -0.1) is 0 Å². The second-order valence-electron chi connectivity index (χ2n) is 3.80. The molecule has 1 aromatic carbocycles. The highest BCUT2D eigenvalue weighted by Crippen LogP contribution is 2.25. The first-order chi connectivity index (χ1) is 7.83. The lowest BCUT2D eigenvalue weighted by Crippen LogP contribution is -2.10. The van der Waals surface area contributed by atoms with E-state index in [-0.39, 0.29) is 0 Å². The smallest absolute Gasteiger partial charge is 0.170 e. The molecule has 0 atom stereocenters. The molecule has 0 aliphatic heterocycles. The van der Waals surface area contributed by atoms with Crippen LogP contribution in [-0.4, -0.2) is 18.7 Å². The number of benzene rings is 1. The van der Waals surface area contributed by atoms with Crippen molar-refractivity contribution in [1.82, 2.24) is 10.5 Å². The maximum atomic E-state index is 5.40. The number of hydrogen-bond donors (Lipinski definition) is 1. The summed E-state index contributed by atoms with van der Waals surface area (Å²) in [4.78, 5) is 0. The molecular formula is C13H16N2O. The average molecular weight is 216 g/mol. The van der Waals surface area contributed by atoms with Gasteiger partial charge in [0.05, 0.1) is 5.69 Å². The maximum absolute atomic E-state index is 5.40. The Bertz CT molecular complexity index is 448. The van der Waals surface area contributed by atoms with Gasteiger partial charge in [-0.2, -0.15) is 0 Å². The summed E-state index contributed by atoms with van der Waals surface area (Å²) in [5, 5.41) is 7.19. The Kier molecular flexibility index (Phi) is 3.37. The van der Waals surface area contributed by atoms with Crippen LogP contribution in [0.4, 0.5) is 0 Å². The number of hydrogen-bond acceptors (Lipinski definition) is 3. The minimum atomic E-state index is 0.897. The molecule has 16 heavy (non-hydrogen) atoms. The van der Waals surface area contributed by atoms with Gasteiger partial charge in [0.2, 0.25) is 0 Å². The monoisotopic (exact) mass is 216 g/mol. The highest BCUT2D eigenvalue weighted by atomic mass is 16.5. The molecular weight excluding hydrogens is 200 g/mol. The molecule has 1 aromatic heterocycles. The molecule has 0 bridgehead atoms. The fourth-order valence-electron chi connectivity index (χ4n) is 1.75. The Labute approximate surface area is 95.5 Å². The minimum absolute atomic E-state index is 0.897. The van der Waals surface area contributed by atoms with E-state index < -0.39 is 0 Å². The number of rotatable bonds is 4. The van der Waals surface area contributed by atoms with E-state index in [4.69, 9.17) is 4.52 Å². The molecule has 0 fully saturated rings. The molecule has 0 radical (unpaired) electrons. The van der Waals surface area contributed by atoms with Crippen molar-refractivity contribution in [2.45, 2.75) is 13.3 Å². The van der Waals surface area contributed by atoms with Crippen molar-refractivity contribution in [3.63, 3.8) is 0 Å². The topological polar surface area (TPSA) is 38.1 Å². The molecule has 0 aliphatic carbocycles. The van der Waals surface area contributed by atoms with Crippen LogP contribution in [-0.2, 0) is 6.42 Å². The van der Waals surface area contributed by atoms with Gasteiger partial charge in [-0.05, 0) is 26.9 Å².